The molecule has 1 aromatic rings. The second-order valence-corrected chi connectivity index (χ2v) is 7.43. The molecule has 1 nitrogen and oxygen atoms in total. The SMILES string of the molecule is CC(C)(C)C1CCC(N)(Cc2ccc(F)c(F)c2)CC1. The third-order valence-corrected chi connectivity index (χ3v) is 4.75. The number of nitrogens with two attached hydrogens (primary N) is 1. The summed E-state index contributed by atoms with van der Waals surface area (Å²) in [6, 6.07) is 4.11. The average molecular weight is 281 g/mol. The molecule has 0 amide bonds. The van der Waals surface area contributed by atoms with E-state index >= 15 is 0 Å². The maximum Gasteiger partial charge on any atom is 0.159 e. The summed E-state index contributed by atoms with van der Waals surface area (Å²) in [7, 11) is 0. The maximum atomic E-state index is 13.3. The fourth-order valence-electron chi connectivity index (χ4n) is 3.29. The molecule has 1 aromatic carbocycles. The van der Waals surface area contributed by atoms with E-state index in [2.05, 4.69) is 20.8 Å². The summed E-state index contributed by atoms with van der Waals surface area (Å²) in [6.45, 7) is 6.82. The first-order valence-corrected chi connectivity index (χ1v) is 7.42. The van der Waals surface area contributed by atoms with E-state index in [1.54, 1.807) is 6.07 Å². The average Bonchev–Trinajstić information content (AvgIpc) is 2.33. The highest BCUT2D eigenvalue weighted by atomic mass is 19.2. The molecule has 112 valence electrons. The van der Waals surface area contributed by atoms with E-state index in [-0.39, 0.29) is 5.54 Å². The van der Waals surface area contributed by atoms with Crippen LogP contribution in [-0.2, 0) is 6.42 Å². The van der Waals surface area contributed by atoms with Gasteiger partial charge in [-0.15, -0.1) is 0 Å². The zero-order chi connectivity index (χ0) is 15.0. The van der Waals surface area contributed by atoms with Crippen molar-refractivity contribution >= 4 is 0 Å². The molecule has 1 aliphatic carbocycles. The Morgan fingerprint density at radius 1 is 1.15 bits per heavy atom. The van der Waals surface area contributed by atoms with Crippen LogP contribution in [0.25, 0.3) is 0 Å². The molecule has 0 unspecified atom stereocenters. The van der Waals surface area contributed by atoms with Crippen LogP contribution in [0.15, 0.2) is 18.2 Å². The van der Waals surface area contributed by atoms with Gasteiger partial charge in [-0.2, -0.15) is 0 Å². The van der Waals surface area contributed by atoms with Crippen LogP contribution in [-0.4, -0.2) is 5.54 Å². The second-order valence-electron chi connectivity index (χ2n) is 7.43. The normalized spacial score (nSPS) is 27.6. The molecule has 0 heterocycles. The van der Waals surface area contributed by atoms with Gasteiger partial charge in [0.05, 0.1) is 0 Å². The molecule has 3 heteroatoms. The Balaban J connectivity index is 2.01. The van der Waals surface area contributed by atoms with Gasteiger partial charge in [-0.1, -0.05) is 26.8 Å². The van der Waals surface area contributed by atoms with Crippen LogP contribution in [0.3, 0.4) is 0 Å². The molecular weight excluding hydrogens is 256 g/mol. The van der Waals surface area contributed by atoms with Gasteiger partial charge in [0, 0.05) is 5.54 Å². The molecule has 2 N–H and O–H groups in total. The maximum absolute atomic E-state index is 13.3. The lowest BCUT2D eigenvalue weighted by atomic mass is 9.66. The monoisotopic (exact) mass is 281 g/mol. The Labute approximate surface area is 120 Å². The topological polar surface area (TPSA) is 26.0 Å². The van der Waals surface area contributed by atoms with Crippen LogP contribution in [0.4, 0.5) is 8.78 Å². The van der Waals surface area contributed by atoms with Crippen molar-refractivity contribution in [3.8, 4) is 0 Å². The molecule has 0 bridgehead atoms. The number of hydrogen-bond acceptors (Lipinski definition) is 1. The summed E-state index contributed by atoms with van der Waals surface area (Å²) in [5.74, 6) is -0.880. The van der Waals surface area contributed by atoms with Crippen molar-refractivity contribution in [1.82, 2.24) is 0 Å². The standard InChI is InChI=1S/C17H25F2N/c1-16(2,3)13-6-8-17(20,9-7-13)11-12-4-5-14(18)15(19)10-12/h4-5,10,13H,6-9,11,20H2,1-3H3. The van der Waals surface area contributed by atoms with Crippen molar-refractivity contribution in [3.63, 3.8) is 0 Å². The zero-order valence-corrected chi connectivity index (χ0v) is 12.7. The Morgan fingerprint density at radius 2 is 1.75 bits per heavy atom. The van der Waals surface area contributed by atoms with Crippen molar-refractivity contribution < 1.29 is 8.78 Å². The van der Waals surface area contributed by atoms with E-state index in [0.717, 1.165) is 31.2 Å². The molecule has 1 fully saturated rings. The predicted octanol–water partition coefficient (Wildman–Crippen LogP) is 4.44. The Hall–Kier alpha value is -0.960. The fraction of sp³-hybridized carbons (Fsp3) is 0.647. The molecule has 0 aliphatic heterocycles. The molecule has 2 rings (SSSR count). The zero-order valence-electron chi connectivity index (χ0n) is 12.7. The second kappa shape index (κ2) is 5.44. The summed E-state index contributed by atoms with van der Waals surface area (Å²) < 4.78 is 26.2. The van der Waals surface area contributed by atoms with Crippen LogP contribution in [0.5, 0.6) is 0 Å². The molecule has 1 saturated carbocycles. The lowest BCUT2D eigenvalue weighted by molar-refractivity contribution is 0.134. The van der Waals surface area contributed by atoms with Gasteiger partial charge in [0.2, 0.25) is 0 Å². The highest BCUT2D eigenvalue weighted by Gasteiger charge is 2.36. The molecule has 20 heavy (non-hydrogen) atoms. The van der Waals surface area contributed by atoms with Crippen molar-refractivity contribution in [2.75, 3.05) is 0 Å². The molecule has 1 aliphatic rings. The van der Waals surface area contributed by atoms with Crippen LogP contribution in [0.1, 0.15) is 52.0 Å². The summed E-state index contributed by atoms with van der Waals surface area (Å²) in [5, 5.41) is 0. The summed E-state index contributed by atoms with van der Waals surface area (Å²) in [6.07, 6.45) is 4.76. The van der Waals surface area contributed by atoms with Crippen molar-refractivity contribution in [2.24, 2.45) is 17.1 Å². The van der Waals surface area contributed by atoms with E-state index in [1.165, 1.54) is 12.1 Å². The fourth-order valence-corrected chi connectivity index (χ4v) is 3.29. The van der Waals surface area contributed by atoms with Gasteiger partial charge < -0.3 is 5.73 Å². The first-order chi connectivity index (χ1) is 9.20. The highest BCUT2D eigenvalue weighted by Crippen LogP contribution is 2.41. The quantitative estimate of drug-likeness (QED) is 0.852. The highest BCUT2D eigenvalue weighted by molar-refractivity contribution is 5.20. The first-order valence-electron chi connectivity index (χ1n) is 7.42. The Morgan fingerprint density at radius 3 is 2.25 bits per heavy atom. The Kier molecular flexibility index (Phi) is 4.19. The van der Waals surface area contributed by atoms with E-state index in [4.69, 9.17) is 5.73 Å². The number of halogens is 2. The molecule has 0 radical (unpaired) electrons. The number of rotatable bonds is 2. The van der Waals surface area contributed by atoms with E-state index < -0.39 is 11.6 Å². The van der Waals surface area contributed by atoms with Gasteiger partial charge in [-0.05, 0) is 61.1 Å². The molecule has 0 aromatic heterocycles. The van der Waals surface area contributed by atoms with E-state index in [0.29, 0.717) is 17.8 Å². The van der Waals surface area contributed by atoms with Gasteiger partial charge in [-0.3, -0.25) is 0 Å². The van der Waals surface area contributed by atoms with E-state index in [1.807, 2.05) is 0 Å². The third-order valence-electron chi connectivity index (χ3n) is 4.75. The third kappa shape index (κ3) is 3.57. The number of hydrogen-bond donors (Lipinski definition) is 1. The number of benzene rings is 1. The smallest absolute Gasteiger partial charge is 0.159 e. The van der Waals surface area contributed by atoms with Gasteiger partial charge in [0.1, 0.15) is 0 Å². The van der Waals surface area contributed by atoms with Crippen LogP contribution in [0, 0.1) is 23.0 Å². The molecule has 0 spiro atoms. The minimum Gasteiger partial charge on any atom is -0.325 e. The summed E-state index contributed by atoms with van der Waals surface area (Å²) in [4.78, 5) is 0. The van der Waals surface area contributed by atoms with Crippen molar-refractivity contribution in [2.45, 2.75) is 58.4 Å². The lowest BCUT2D eigenvalue weighted by Gasteiger charge is -2.42. The van der Waals surface area contributed by atoms with Crippen molar-refractivity contribution in [3.05, 3.63) is 35.4 Å². The van der Waals surface area contributed by atoms with Crippen LogP contribution >= 0.6 is 0 Å². The first kappa shape index (κ1) is 15.4. The molecular formula is C17H25F2N. The van der Waals surface area contributed by atoms with Crippen molar-refractivity contribution in [1.29, 1.82) is 0 Å². The van der Waals surface area contributed by atoms with Gasteiger partial charge in [0.25, 0.3) is 0 Å². The van der Waals surface area contributed by atoms with Gasteiger partial charge >= 0.3 is 0 Å². The molecule has 0 saturated heterocycles. The summed E-state index contributed by atoms with van der Waals surface area (Å²) >= 11 is 0. The minimum atomic E-state index is -0.795. The van der Waals surface area contributed by atoms with Gasteiger partial charge in [-0.25, -0.2) is 8.78 Å². The largest absolute Gasteiger partial charge is 0.325 e. The van der Waals surface area contributed by atoms with Crippen LogP contribution in [0.2, 0.25) is 0 Å². The minimum absolute atomic E-state index is 0.272. The summed E-state index contributed by atoms with van der Waals surface area (Å²) in [5.41, 5.74) is 7.31. The van der Waals surface area contributed by atoms with Gasteiger partial charge in [0.15, 0.2) is 11.6 Å². The Bertz CT molecular complexity index is 468. The van der Waals surface area contributed by atoms with Crippen LogP contribution < -0.4 is 5.73 Å². The lowest BCUT2D eigenvalue weighted by Crippen LogP contribution is -2.46. The molecule has 0 atom stereocenters. The van der Waals surface area contributed by atoms with E-state index in [9.17, 15) is 8.78 Å². The predicted molar refractivity (Wildman–Crippen MR) is 78.4 cm³/mol.